The average Bonchev–Trinajstić information content (AvgIpc) is 3.06. The third kappa shape index (κ3) is 4.83. The Balaban J connectivity index is 1.54. The molecular weight excluding hydrogens is 300 g/mol. The van der Waals surface area contributed by atoms with Crippen molar-refractivity contribution >= 4 is 11.6 Å². The van der Waals surface area contributed by atoms with Crippen LogP contribution in [0.1, 0.15) is 30.4 Å². The van der Waals surface area contributed by atoms with Gasteiger partial charge in [0.15, 0.2) is 0 Å². The minimum absolute atomic E-state index is 0.0465. The van der Waals surface area contributed by atoms with Crippen LogP contribution in [-0.4, -0.2) is 18.5 Å². The van der Waals surface area contributed by atoms with Crippen molar-refractivity contribution in [1.29, 1.82) is 0 Å². The number of benzene rings is 2. The van der Waals surface area contributed by atoms with E-state index in [1.165, 1.54) is 5.56 Å². The summed E-state index contributed by atoms with van der Waals surface area (Å²) < 4.78 is 5.84. The fourth-order valence-electron chi connectivity index (χ4n) is 3.00. The van der Waals surface area contributed by atoms with Crippen molar-refractivity contribution in [2.75, 3.05) is 11.9 Å². The second-order valence-corrected chi connectivity index (χ2v) is 6.35. The van der Waals surface area contributed by atoms with E-state index in [9.17, 15) is 4.79 Å². The summed E-state index contributed by atoms with van der Waals surface area (Å²) in [5, 5.41) is 6.30. The van der Waals surface area contributed by atoms with Crippen LogP contribution in [0.5, 0.6) is 5.75 Å². The summed E-state index contributed by atoms with van der Waals surface area (Å²) in [7, 11) is 0. The molecule has 1 aliphatic rings. The molecule has 0 saturated carbocycles. The fourth-order valence-corrected chi connectivity index (χ4v) is 3.00. The van der Waals surface area contributed by atoms with Crippen LogP contribution in [-0.2, 0) is 11.4 Å². The molecule has 24 heavy (non-hydrogen) atoms. The van der Waals surface area contributed by atoms with Crippen LogP contribution in [0.25, 0.3) is 0 Å². The summed E-state index contributed by atoms with van der Waals surface area (Å²) in [4.78, 5) is 12.1. The van der Waals surface area contributed by atoms with Gasteiger partial charge in [0.1, 0.15) is 12.4 Å². The highest BCUT2D eigenvalue weighted by atomic mass is 16.5. The van der Waals surface area contributed by atoms with Gasteiger partial charge in [0, 0.05) is 24.2 Å². The van der Waals surface area contributed by atoms with Crippen LogP contribution in [0.4, 0.5) is 5.69 Å². The first-order valence-corrected chi connectivity index (χ1v) is 8.51. The molecule has 0 bridgehead atoms. The minimum Gasteiger partial charge on any atom is -0.489 e. The molecule has 0 aliphatic carbocycles. The number of hydrogen-bond acceptors (Lipinski definition) is 3. The molecule has 1 heterocycles. The zero-order valence-electron chi connectivity index (χ0n) is 14.0. The third-order valence-electron chi connectivity index (χ3n) is 4.20. The van der Waals surface area contributed by atoms with Crippen LogP contribution in [0.15, 0.2) is 48.5 Å². The zero-order valence-corrected chi connectivity index (χ0v) is 14.0. The SMILES string of the molecule is Cc1cccc(COc2cccc(NC(=O)CC3CCCN3)c2)c1. The standard InChI is InChI=1S/C20H24N2O2/c1-15-5-2-6-16(11-15)14-24-19-9-3-7-18(12-19)22-20(23)13-17-8-4-10-21-17/h2-3,5-7,9,11-12,17,21H,4,8,10,13-14H2,1H3,(H,22,23). The Morgan fingerprint density at radius 1 is 1.25 bits per heavy atom. The molecule has 1 unspecified atom stereocenters. The lowest BCUT2D eigenvalue weighted by Crippen LogP contribution is -2.27. The molecule has 0 spiro atoms. The Labute approximate surface area is 143 Å². The van der Waals surface area contributed by atoms with Gasteiger partial charge in [-0.05, 0) is 44.0 Å². The molecule has 2 aromatic rings. The first-order chi connectivity index (χ1) is 11.7. The molecule has 3 rings (SSSR count). The number of carbonyl (C=O) groups is 1. The second-order valence-electron chi connectivity index (χ2n) is 6.35. The topological polar surface area (TPSA) is 50.4 Å². The van der Waals surface area contributed by atoms with Gasteiger partial charge in [-0.15, -0.1) is 0 Å². The maximum Gasteiger partial charge on any atom is 0.225 e. The number of hydrogen-bond donors (Lipinski definition) is 2. The highest BCUT2D eigenvalue weighted by molar-refractivity contribution is 5.91. The van der Waals surface area contributed by atoms with E-state index in [2.05, 4.69) is 29.7 Å². The first kappa shape index (κ1) is 16.5. The van der Waals surface area contributed by atoms with Gasteiger partial charge in [-0.2, -0.15) is 0 Å². The number of rotatable bonds is 6. The highest BCUT2D eigenvalue weighted by Gasteiger charge is 2.17. The number of amides is 1. The molecule has 1 saturated heterocycles. The number of carbonyl (C=O) groups excluding carboxylic acids is 1. The monoisotopic (exact) mass is 324 g/mol. The summed E-state index contributed by atoms with van der Waals surface area (Å²) in [5.74, 6) is 0.804. The maximum atomic E-state index is 12.1. The predicted molar refractivity (Wildman–Crippen MR) is 96.2 cm³/mol. The van der Waals surface area contributed by atoms with Crippen molar-refractivity contribution < 1.29 is 9.53 Å². The third-order valence-corrected chi connectivity index (χ3v) is 4.20. The van der Waals surface area contributed by atoms with Crippen molar-refractivity contribution in [2.45, 2.75) is 38.8 Å². The lowest BCUT2D eigenvalue weighted by atomic mass is 10.1. The summed E-state index contributed by atoms with van der Waals surface area (Å²) in [5.41, 5.74) is 3.13. The molecule has 0 aromatic heterocycles. The van der Waals surface area contributed by atoms with Gasteiger partial charge in [-0.3, -0.25) is 4.79 Å². The molecule has 2 aromatic carbocycles. The predicted octanol–water partition coefficient (Wildman–Crippen LogP) is 3.65. The number of anilines is 1. The van der Waals surface area contributed by atoms with Crippen molar-refractivity contribution in [3.63, 3.8) is 0 Å². The van der Waals surface area contributed by atoms with Gasteiger partial charge >= 0.3 is 0 Å². The van der Waals surface area contributed by atoms with Crippen LogP contribution in [0.3, 0.4) is 0 Å². The molecule has 2 N–H and O–H groups in total. The van der Waals surface area contributed by atoms with Crippen LogP contribution < -0.4 is 15.4 Å². The highest BCUT2D eigenvalue weighted by Crippen LogP contribution is 2.19. The Hall–Kier alpha value is -2.33. The second kappa shape index (κ2) is 7.97. The quantitative estimate of drug-likeness (QED) is 0.853. The normalized spacial score (nSPS) is 16.8. The molecule has 0 radical (unpaired) electrons. The molecule has 1 amide bonds. The molecule has 1 fully saturated rings. The molecular formula is C20H24N2O2. The summed E-state index contributed by atoms with van der Waals surface area (Å²) in [6, 6.07) is 16.1. The van der Waals surface area contributed by atoms with Gasteiger partial charge in [-0.25, -0.2) is 0 Å². The van der Waals surface area contributed by atoms with Crippen LogP contribution in [0, 0.1) is 6.92 Å². The first-order valence-electron chi connectivity index (χ1n) is 8.51. The number of aryl methyl sites for hydroxylation is 1. The van der Waals surface area contributed by atoms with Gasteiger partial charge in [0.2, 0.25) is 5.91 Å². The lowest BCUT2D eigenvalue weighted by molar-refractivity contribution is -0.116. The smallest absolute Gasteiger partial charge is 0.225 e. The Morgan fingerprint density at radius 3 is 2.92 bits per heavy atom. The van der Waals surface area contributed by atoms with Gasteiger partial charge in [0.25, 0.3) is 0 Å². The minimum atomic E-state index is 0.0465. The fraction of sp³-hybridized carbons (Fsp3) is 0.350. The molecule has 4 nitrogen and oxygen atoms in total. The van der Waals surface area contributed by atoms with E-state index >= 15 is 0 Å². The van der Waals surface area contributed by atoms with Gasteiger partial charge in [-0.1, -0.05) is 35.9 Å². The zero-order chi connectivity index (χ0) is 16.8. The van der Waals surface area contributed by atoms with Crippen molar-refractivity contribution in [2.24, 2.45) is 0 Å². The van der Waals surface area contributed by atoms with Crippen molar-refractivity contribution in [3.8, 4) is 5.75 Å². The Morgan fingerprint density at radius 2 is 2.12 bits per heavy atom. The Kier molecular flexibility index (Phi) is 5.49. The van der Waals surface area contributed by atoms with Crippen molar-refractivity contribution in [1.82, 2.24) is 5.32 Å². The van der Waals surface area contributed by atoms with E-state index in [-0.39, 0.29) is 5.91 Å². The summed E-state index contributed by atoms with van der Waals surface area (Å²) >= 11 is 0. The molecule has 1 aliphatic heterocycles. The van der Waals surface area contributed by atoms with E-state index < -0.39 is 0 Å². The van der Waals surface area contributed by atoms with E-state index in [1.54, 1.807) is 0 Å². The van der Waals surface area contributed by atoms with E-state index in [1.807, 2.05) is 36.4 Å². The Bertz CT molecular complexity index is 694. The van der Waals surface area contributed by atoms with E-state index in [4.69, 9.17) is 4.74 Å². The van der Waals surface area contributed by atoms with E-state index in [0.717, 1.165) is 36.4 Å². The molecule has 1 atom stereocenters. The lowest BCUT2D eigenvalue weighted by Gasteiger charge is -2.12. The molecule has 126 valence electrons. The summed E-state index contributed by atoms with van der Waals surface area (Å²) in [6.45, 7) is 3.60. The maximum absolute atomic E-state index is 12.1. The number of ether oxygens (including phenoxy) is 1. The van der Waals surface area contributed by atoms with Crippen molar-refractivity contribution in [3.05, 3.63) is 59.7 Å². The van der Waals surface area contributed by atoms with Crippen LogP contribution in [0.2, 0.25) is 0 Å². The van der Waals surface area contributed by atoms with Gasteiger partial charge < -0.3 is 15.4 Å². The number of nitrogens with one attached hydrogen (secondary N) is 2. The average molecular weight is 324 g/mol. The molecule has 4 heteroatoms. The summed E-state index contributed by atoms with van der Waals surface area (Å²) in [6.07, 6.45) is 2.75. The largest absolute Gasteiger partial charge is 0.489 e. The van der Waals surface area contributed by atoms with E-state index in [0.29, 0.717) is 19.1 Å². The van der Waals surface area contributed by atoms with Crippen LogP contribution >= 0.6 is 0 Å². The van der Waals surface area contributed by atoms with Gasteiger partial charge in [0.05, 0.1) is 0 Å².